The smallest absolute Gasteiger partial charge is 0.0727 e. The highest BCUT2D eigenvalue weighted by Gasteiger charge is 2.20. The van der Waals surface area contributed by atoms with E-state index in [1.807, 2.05) is 11.3 Å². The maximum atomic E-state index is 5.74. The number of ether oxygens (including phenoxy) is 1. The molecule has 2 rings (SSSR count). The lowest BCUT2D eigenvalue weighted by molar-refractivity contribution is 0.117. The first-order valence-electron chi connectivity index (χ1n) is 7.19. The van der Waals surface area contributed by atoms with Crippen molar-refractivity contribution in [1.82, 2.24) is 5.32 Å². The monoisotopic (exact) mass is 267 g/mol. The topological polar surface area (TPSA) is 21.3 Å². The molecular formula is C15H25NOS. The van der Waals surface area contributed by atoms with Gasteiger partial charge in [0, 0.05) is 28.9 Å². The summed E-state index contributed by atoms with van der Waals surface area (Å²) in [5.74, 6) is 0. The van der Waals surface area contributed by atoms with Crippen LogP contribution >= 0.6 is 11.3 Å². The highest BCUT2D eigenvalue weighted by Crippen LogP contribution is 2.24. The molecule has 0 spiro atoms. The minimum atomic E-state index is 0.787. The molecule has 3 heteroatoms. The van der Waals surface area contributed by atoms with Crippen LogP contribution in [0, 0.1) is 6.92 Å². The maximum Gasteiger partial charge on any atom is 0.0727 e. The van der Waals surface area contributed by atoms with Crippen molar-refractivity contribution in [3.63, 3.8) is 0 Å². The number of thiophene rings is 1. The highest BCUT2D eigenvalue weighted by atomic mass is 32.1. The second-order valence-corrected chi connectivity index (χ2v) is 6.55. The van der Waals surface area contributed by atoms with Crippen LogP contribution in [0.15, 0.2) is 6.07 Å². The molecule has 2 nitrogen and oxygen atoms in total. The summed E-state index contributed by atoms with van der Waals surface area (Å²) in [5.41, 5.74) is 1.38. The fourth-order valence-corrected chi connectivity index (χ4v) is 2.99. The molecule has 1 fully saturated rings. The minimum absolute atomic E-state index is 0.787. The Morgan fingerprint density at radius 1 is 1.39 bits per heavy atom. The Morgan fingerprint density at radius 3 is 2.94 bits per heavy atom. The van der Waals surface area contributed by atoms with E-state index in [9.17, 15) is 0 Å². The molecule has 1 aliphatic rings. The molecule has 0 saturated heterocycles. The van der Waals surface area contributed by atoms with Crippen LogP contribution in [-0.2, 0) is 17.9 Å². The van der Waals surface area contributed by atoms with Gasteiger partial charge >= 0.3 is 0 Å². The van der Waals surface area contributed by atoms with E-state index in [4.69, 9.17) is 4.74 Å². The van der Waals surface area contributed by atoms with E-state index in [-0.39, 0.29) is 0 Å². The van der Waals surface area contributed by atoms with Gasteiger partial charge in [-0.2, -0.15) is 0 Å². The fourth-order valence-electron chi connectivity index (χ4n) is 1.99. The molecule has 0 atom stereocenters. The van der Waals surface area contributed by atoms with Gasteiger partial charge in [-0.05, 0) is 37.8 Å². The van der Waals surface area contributed by atoms with Crippen LogP contribution in [0.2, 0.25) is 0 Å². The minimum Gasteiger partial charge on any atom is -0.377 e. The van der Waals surface area contributed by atoms with E-state index >= 15 is 0 Å². The number of hydrogen-bond donors (Lipinski definition) is 1. The van der Waals surface area contributed by atoms with E-state index in [2.05, 4.69) is 25.2 Å². The van der Waals surface area contributed by atoms with E-state index in [0.717, 1.165) is 25.8 Å². The molecule has 18 heavy (non-hydrogen) atoms. The van der Waals surface area contributed by atoms with Gasteiger partial charge < -0.3 is 10.1 Å². The van der Waals surface area contributed by atoms with Gasteiger partial charge in [-0.1, -0.05) is 19.8 Å². The van der Waals surface area contributed by atoms with Gasteiger partial charge in [0.05, 0.1) is 6.61 Å². The Labute approximate surface area is 115 Å². The Morgan fingerprint density at radius 2 is 2.22 bits per heavy atom. The molecule has 102 valence electrons. The fraction of sp³-hybridized carbons (Fsp3) is 0.733. The molecule has 0 aliphatic heterocycles. The van der Waals surface area contributed by atoms with Crippen LogP contribution in [0.5, 0.6) is 0 Å². The normalized spacial score (nSPS) is 15.2. The van der Waals surface area contributed by atoms with Crippen molar-refractivity contribution in [3.05, 3.63) is 21.4 Å². The van der Waals surface area contributed by atoms with Gasteiger partial charge in [-0.25, -0.2) is 0 Å². The van der Waals surface area contributed by atoms with Crippen LogP contribution in [0.3, 0.4) is 0 Å². The van der Waals surface area contributed by atoms with E-state index in [1.165, 1.54) is 47.4 Å². The third-order valence-electron chi connectivity index (χ3n) is 3.36. The van der Waals surface area contributed by atoms with Crippen molar-refractivity contribution in [1.29, 1.82) is 0 Å². The average molecular weight is 267 g/mol. The second-order valence-electron chi connectivity index (χ2n) is 5.21. The Kier molecular flexibility index (Phi) is 5.67. The molecular weight excluding hydrogens is 242 g/mol. The predicted molar refractivity (Wildman–Crippen MR) is 78.1 cm³/mol. The molecule has 1 aromatic rings. The predicted octanol–water partition coefficient (Wildman–Crippen LogP) is 4.02. The van der Waals surface area contributed by atoms with Crippen molar-refractivity contribution >= 4 is 11.3 Å². The van der Waals surface area contributed by atoms with Gasteiger partial charge in [0.15, 0.2) is 0 Å². The van der Waals surface area contributed by atoms with Crippen LogP contribution < -0.4 is 5.32 Å². The first-order chi connectivity index (χ1) is 8.79. The van der Waals surface area contributed by atoms with Crippen LogP contribution in [-0.4, -0.2) is 12.6 Å². The van der Waals surface area contributed by atoms with Crippen LogP contribution in [0.1, 0.15) is 54.3 Å². The molecule has 0 unspecified atom stereocenters. The molecule has 0 radical (unpaired) electrons. The number of unbranched alkanes of at least 4 members (excludes halogenated alkanes) is 2. The SMILES string of the molecule is CCCCCOCc1cc(CNC2CC2)sc1C. The van der Waals surface area contributed by atoms with Crippen LogP contribution in [0.4, 0.5) is 0 Å². The van der Waals surface area contributed by atoms with Crippen molar-refractivity contribution in [2.75, 3.05) is 6.61 Å². The lowest BCUT2D eigenvalue weighted by Crippen LogP contribution is -2.14. The van der Waals surface area contributed by atoms with Crippen LogP contribution in [0.25, 0.3) is 0 Å². The van der Waals surface area contributed by atoms with Gasteiger partial charge in [-0.15, -0.1) is 11.3 Å². The summed E-state index contributed by atoms with van der Waals surface area (Å²) in [6, 6.07) is 3.11. The van der Waals surface area contributed by atoms with Gasteiger partial charge in [-0.3, -0.25) is 0 Å². The number of nitrogens with one attached hydrogen (secondary N) is 1. The van der Waals surface area contributed by atoms with Crippen molar-refractivity contribution in [3.8, 4) is 0 Å². The molecule has 1 N–H and O–H groups in total. The molecule has 0 amide bonds. The zero-order valence-electron chi connectivity index (χ0n) is 11.6. The molecule has 0 bridgehead atoms. The number of aryl methyl sites for hydroxylation is 1. The highest BCUT2D eigenvalue weighted by molar-refractivity contribution is 7.12. The summed E-state index contributed by atoms with van der Waals surface area (Å²) in [6.45, 7) is 7.15. The molecule has 1 saturated carbocycles. The third kappa shape index (κ3) is 4.71. The molecule has 0 aromatic carbocycles. The number of hydrogen-bond acceptors (Lipinski definition) is 3. The largest absolute Gasteiger partial charge is 0.377 e. The summed E-state index contributed by atoms with van der Waals surface area (Å²) in [4.78, 5) is 2.87. The van der Waals surface area contributed by atoms with E-state index in [0.29, 0.717) is 0 Å². The second kappa shape index (κ2) is 7.27. The van der Waals surface area contributed by atoms with Gasteiger partial charge in [0.2, 0.25) is 0 Å². The first-order valence-corrected chi connectivity index (χ1v) is 8.00. The summed E-state index contributed by atoms with van der Waals surface area (Å²) in [6.07, 6.45) is 6.45. The summed E-state index contributed by atoms with van der Waals surface area (Å²) < 4.78 is 5.74. The van der Waals surface area contributed by atoms with Gasteiger partial charge in [0.1, 0.15) is 0 Å². The standard InChI is InChI=1S/C15H25NOS/c1-3-4-5-8-17-11-13-9-15(18-12(13)2)10-16-14-6-7-14/h9,14,16H,3-8,10-11H2,1-2H3. The van der Waals surface area contributed by atoms with Crippen molar-refractivity contribution in [2.24, 2.45) is 0 Å². The van der Waals surface area contributed by atoms with E-state index in [1.54, 1.807) is 0 Å². The molecule has 1 aliphatic carbocycles. The molecule has 1 heterocycles. The Balaban J connectivity index is 1.69. The van der Waals surface area contributed by atoms with Gasteiger partial charge in [0.25, 0.3) is 0 Å². The molecule has 1 aromatic heterocycles. The Hall–Kier alpha value is -0.380. The Bertz CT molecular complexity index is 357. The third-order valence-corrected chi connectivity index (χ3v) is 4.46. The summed E-state index contributed by atoms with van der Waals surface area (Å²) >= 11 is 1.91. The zero-order valence-corrected chi connectivity index (χ0v) is 12.4. The lowest BCUT2D eigenvalue weighted by atomic mass is 10.2. The van der Waals surface area contributed by atoms with E-state index < -0.39 is 0 Å². The number of rotatable bonds is 9. The lowest BCUT2D eigenvalue weighted by Gasteiger charge is -2.02. The summed E-state index contributed by atoms with van der Waals surface area (Å²) in [5, 5.41) is 3.57. The maximum absolute atomic E-state index is 5.74. The summed E-state index contributed by atoms with van der Waals surface area (Å²) in [7, 11) is 0. The van der Waals surface area contributed by atoms with Crippen molar-refractivity contribution in [2.45, 2.75) is 65.1 Å². The zero-order chi connectivity index (χ0) is 12.8. The average Bonchev–Trinajstić information content (AvgIpc) is 3.12. The quantitative estimate of drug-likeness (QED) is 0.682. The first kappa shape index (κ1) is 14.0. The van der Waals surface area contributed by atoms with Crippen molar-refractivity contribution < 1.29 is 4.74 Å².